The molecule has 0 radical (unpaired) electrons. The normalized spacial score (nSPS) is 10.4. The topological polar surface area (TPSA) is 115 Å². The van der Waals surface area contributed by atoms with Crippen LogP contribution in [0.15, 0.2) is 54.6 Å². The van der Waals surface area contributed by atoms with Gasteiger partial charge in [0.2, 0.25) is 5.91 Å². The van der Waals surface area contributed by atoms with Crippen LogP contribution in [0.3, 0.4) is 0 Å². The van der Waals surface area contributed by atoms with Gasteiger partial charge in [-0.05, 0) is 24.3 Å². The zero-order valence-corrected chi connectivity index (χ0v) is 11.9. The zero-order valence-electron chi connectivity index (χ0n) is 11.9. The Balaban J connectivity index is 2.18. The first-order chi connectivity index (χ1) is 11.0. The number of amides is 2. The number of nitrogens with two attached hydrogens (primary N) is 1. The van der Waals surface area contributed by atoms with Gasteiger partial charge in [-0.1, -0.05) is 24.3 Å². The largest absolute Gasteiger partial charge is 0.366 e. The quantitative estimate of drug-likeness (QED) is 0.501. The van der Waals surface area contributed by atoms with E-state index >= 15 is 0 Å². The summed E-state index contributed by atoms with van der Waals surface area (Å²) in [6.07, 6.45) is 2.49. The number of benzene rings is 2. The molecule has 23 heavy (non-hydrogen) atoms. The third-order valence-corrected chi connectivity index (χ3v) is 3.00. The third-order valence-electron chi connectivity index (χ3n) is 3.00. The Morgan fingerprint density at radius 3 is 2.43 bits per heavy atom. The maximum atomic E-state index is 11.9. The highest BCUT2D eigenvalue weighted by Crippen LogP contribution is 2.19. The van der Waals surface area contributed by atoms with Crippen LogP contribution in [0.2, 0.25) is 0 Å². The van der Waals surface area contributed by atoms with Crippen LogP contribution in [0.4, 0.5) is 11.4 Å². The highest BCUT2D eigenvalue weighted by Gasteiger charge is 2.11. The predicted molar refractivity (Wildman–Crippen MR) is 85.7 cm³/mol. The van der Waals surface area contributed by atoms with Gasteiger partial charge in [-0.3, -0.25) is 19.7 Å². The summed E-state index contributed by atoms with van der Waals surface area (Å²) in [5.41, 5.74) is 5.88. The fourth-order valence-corrected chi connectivity index (χ4v) is 1.94. The summed E-state index contributed by atoms with van der Waals surface area (Å²) in [4.78, 5) is 33.6. The van der Waals surface area contributed by atoms with Crippen molar-refractivity contribution in [2.24, 2.45) is 5.73 Å². The second-order valence-corrected chi connectivity index (χ2v) is 4.55. The number of carbonyl (C=O) groups is 2. The van der Waals surface area contributed by atoms with Gasteiger partial charge in [0.15, 0.2) is 0 Å². The van der Waals surface area contributed by atoms with E-state index < -0.39 is 16.7 Å². The maximum absolute atomic E-state index is 11.9. The Labute approximate surface area is 131 Å². The van der Waals surface area contributed by atoms with Crippen LogP contribution in [0.1, 0.15) is 15.9 Å². The molecule has 2 rings (SSSR count). The van der Waals surface area contributed by atoms with Crippen molar-refractivity contribution in [1.82, 2.24) is 0 Å². The molecule has 3 N–H and O–H groups in total. The summed E-state index contributed by atoms with van der Waals surface area (Å²) in [6, 6.07) is 12.3. The predicted octanol–water partition coefficient (Wildman–Crippen LogP) is 2.35. The van der Waals surface area contributed by atoms with Crippen molar-refractivity contribution in [3.05, 3.63) is 75.8 Å². The molecule has 0 atom stereocenters. The lowest BCUT2D eigenvalue weighted by Crippen LogP contribution is -2.16. The molecule has 0 aliphatic carbocycles. The fraction of sp³-hybridized carbons (Fsp3) is 0. The number of nitro groups is 1. The molecule has 0 aliphatic heterocycles. The van der Waals surface area contributed by atoms with Crippen LogP contribution in [-0.2, 0) is 4.79 Å². The van der Waals surface area contributed by atoms with Gasteiger partial charge in [-0.25, -0.2) is 0 Å². The van der Waals surface area contributed by atoms with E-state index in [1.54, 1.807) is 24.3 Å². The number of nitrogens with zero attached hydrogens (tertiary/aromatic N) is 1. The number of nitro benzene ring substituents is 1. The molecular formula is C16H13N3O4. The summed E-state index contributed by atoms with van der Waals surface area (Å²) in [7, 11) is 0. The SMILES string of the molecule is NC(=O)c1ccccc1NC(=O)C=Cc1ccccc1[N+](=O)[O-]. The van der Waals surface area contributed by atoms with Gasteiger partial charge in [0, 0.05) is 12.1 Å². The van der Waals surface area contributed by atoms with Gasteiger partial charge < -0.3 is 11.1 Å². The summed E-state index contributed by atoms with van der Waals surface area (Å²) < 4.78 is 0. The molecule has 0 spiro atoms. The maximum Gasteiger partial charge on any atom is 0.276 e. The standard InChI is InChI=1S/C16H13N3O4/c17-16(21)12-6-2-3-7-13(12)18-15(20)10-9-11-5-1-4-8-14(11)19(22)23/h1-10H,(H2,17,21)(H,18,20). The minimum atomic E-state index is -0.663. The highest BCUT2D eigenvalue weighted by atomic mass is 16.6. The lowest BCUT2D eigenvalue weighted by Gasteiger charge is -2.06. The first kappa shape index (κ1) is 15.9. The van der Waals surface area contributed by atoms with Crippen LogP contribution in [-0.4, -0.2) is 16.7 Å². The van der Waals surface area contributed by atoms with E-state index in [1.165, 1.54) is 30.3 Å². The molecule has 7 nitrogen and oxygen atoms in total. The molecule has 0 heterocycles. The van der Waals surface area contributed by atoms with Crippen molar-refractivity contribution in [3.8, 4) is 0 Å². The van der Waals surface area contributed by atoms with Gasteiger partial charge in [-0.15, -0.1) is 0 Å². The van der Waals surface area contributed by atoms with Crippen LogP contribution in [0.5, 0.6) is 0 Å². The van der Waals surface area contributed by atoms with Gasteiger partial charge in [-0.2, -0.15) is 0 Å². The van der Waals surface area contributed by atoms with Crippen molar-refractivity contribution in [1.29, 1.82) is 0 Å². The lowest BCUT2D eigenvalue weighted by molar-refractivity contribution is -0.385. The Kier molecular flexibility index (Phi) is 4.83. The molecule has 0 bridgehead atoms. The number of nitrogens with one attached hydrogen (secondary N) is 1. The molecule has 116 valence electrons. The molecular weight excluding hydrogens is 298 g/mol. The molecule has 2 aromatic carbocycles. The van der Waals surface area contributed by atoms with Crippen LogP contribution in [0.25, 0.3) is 6.08 Å². The average Bonchev–Trinajstić information content (AvgIpc) is 2.53. The minimum Gasteiger partial charge on any atom is -0.366 e. The second-order valence-electron chi connectivity index (χ2n) is 4.55. The van der Waals surface area contributed by atoms with E-state index in [4.69, 9.17) is 5.73 Å². The third kappa shape index (κ3) is 4.01. The van der Waals surface area contributed by atoms with Crippen molar-refractivity contribution in [2.45, 2.75) is 0 Å². The first-order valence-electron chi connectivity index (χ1n) is 6.60. The molecule has 0 saturated heterocycles. The van der Waals surface area contributed by atoms with Crippen molar-refractivity contribution < 1.29 is 14.5 Å². The van der Waals surface area contributed by atoms with Gasteiger partial charge in [0.05, 0.1) is 21.7 Å². The van der Waals surface area contributed by atoms with E-state index in [-0.39, 0.29) is 16.9 Å². The summed E-state index contributed by atoms with van der Waals surface area (Å²) in [5.74, 6) is -1.19. The fourth-order valence-electron chi connectivity index (χ4n) is 1.94. The van der Waals surface area contributed by atoms with Gasteiger partial charge >= 0.3 is 0 Å². The van der Waals surface area contributed by atoms with E-state index in [0.29, 0.717) is 5.56 Å². The van der Waals surface area contributed by atoms with Crippen molar-refractivity contribution >= 4 is 29.3 Å². The van der Waals surface area contributed by atoms with Crippen molar-refractivity contribution in [3.63, 3.8) is 0 Å². The van der Waals surface area contributed by atoms with Crippen LogP contribution >= 0.6 is 0 Å². The molecule has 2 aromatic rings. The van der Waals surface area contributed by atoms with Crippen molar-refractivity contribution in [2.75, 3.05) is 5.32 Å². The number of rotatable bonds is 5. The molecule has 2 amide bonds. The number of anilines is 1. The lowest BCUT2D eigenvalue weighted by atomic mass is 10.1. The molecule has 7 heteroatoms. The first-order valence-corrected chi connectivity index (χ1v) is 6.60. The minimum absolute atomic E-state index is 0.103. The number of hydrogen-bond acceptors (Lipinski definition) is 4. The molecule has 0 aliphatic rings. The molecule has 0 fully saturated rings. The van der Waals surface area contributed by atoms with E-state index in [9.17, 15) is 19.7 Å². The molecule has 0 saturated carbocycles. The highest BCUT2D eigenvalue weighted by molar-refractivity contribution is 6.07. The Morgan fingerprint density at radius 1 is 1.09 bits per heavy atom. The van der Waals surface area contributed by atoms with E-state index in [1.807, 2.05) is 0 Å². The summed E-state index contributed by atoms with van der Waals surface area (Å²) >= 11 is 0. The number of carbonyl (C=O) groups excluding carboxylic acids is 2. The smallest absolute Gasteiger partial charge is 0.276 e. The number of para-hydroxylation sites is 2. The summed E-state index contributed by atoms with van der Waals surface area (Å²) in [6.45, 7) is 0. The average molecular weight is 311 g/mol. The van der Waals surface area contributed by atoms with Gasteiger partial charge in [0.25, 0.3) is 11.6 Å². The van der Waals surface area contributed by atoms with Gasteiger partial charge in [0.1, 0.15) is 0 Å². The van der Waals surface area contributed by atoms with E-state index in [2.05, 4.69) is 5.32 Å². The number of primary amides is 1. The van der Waals surface area contributed by atoms with Crippen LogP contribution in [0, 0.1) is 10.1 Å². The second kappa shape index (κ2) is 6.99. The Bertz CT molecular complexity index is 799. The molecule has 0 unspecified atom stereocenters. The Hall–Kier alpha value is -3.48. The van der Waals surface area contributed by atoms with E-state index in [0.717, 1.165) is 6.08 Å². The Morgan fingerprint density at radius 2 is 1.74 bits per heavy atom. The van der Waals surface area contributed by atoms with Crippen LogP contribution < -0.4 is 11.1 Å². The number of hydrogen-bond donors (Lipinski definition) is 2. The molecule has 0 aromatic heterocycles. The summed E-state index contributed by atoms with van der Waals surface area (Å²) in [5, 5.41) is 13.4. The zero-order chi connectivity index (χ0) is 16.8. The monoisotopic (exact) mass is 311 g/mol.